The van der Waals surface area contributed by atoms with Gasteiger partial charge in [0, 0.05) is 6.20 Å². The van der Waals surface area contributed by atoms with E-state index in [9.17, 15) is 21.6 Å². The third kappa shape index (κ3) is 4.48. The summed E-state index contributed by atoms with van der Waals surface area (Å²) in [6.07, 6.45) is -1.50. The standard InChI is InChI=1S/C21H16F3N3O3S/c22-21(23,24)30-18-9-11-19(12-10-18)31(28,29)27(16-6-2-1-3-7-16)15-17-14-25-20-8-4-5-13-26(17)20/h1-14H,15H2. The van der Waals surface area contributed by atoms with Crippen LogP contribution in [0.2, 0.25) is 0 Å². The van der Waals surface area contributed by atoms with E-state index in [-0.39, 0.29) is 11.4 Å². The van der Waals surface area contributed by atoms with E-state index < -0.39 is 22.1 Å². The van der Waals surface area contributed by atoms with Crippen molar-refractivity contribution in [2.75, 3.05) is 4.31 Å². The molecular formula is C21H16F3N3O3S. The molecule has 2 aromatic carbocycles. The average Bonchev–Trinajstić information content (AvgIpc) is 3.15. The SMILES string of the molecule is O=S(=O)(c1ccc(OC(F)(F)F)cc1)N(Cc1cnc2ccccn12)c1ccccc1. The number of rotatable bonds is 6. The lowest BCUT2D eigenvalue weighted by atomic mass is 10.3. The summed E-state index contributed by atoms with van der Waals surface area (Å²) in [6, 6.07) is 18.0. The Hall–Kier alpha value is -3.53. The summed E-state index contributed by atoms with van der Waals surface area (Å²) in [5, 5.41) is 0. The Morgan fingerprint density at radius 3 is 2.29 bits per heavy atom. The number of alkyl halides is 3. The van der Waals surface area contributed by atoms with Crippen molar-refractivity contribution in [2.24, 2.45) is 0 Å². The van der Waals surface area contributed by atoms with Crippen LogP contribution in [0.3, 0.4) is 0 Å². The van der Waals surface area contributed by atoms with E-state index in [4.69, 9.17) is 0 Å². The number of fused-ring (bicyclic) bond motifs is 1. The molecule has 0 spiro atoms. The molecule has 2 heterocycles. The number of benzene rings is 2. The maximum Gasteiger partial charge on any atom is 0.573 e. The van der Waals surface area contributed by atoms with E-state index in [1.807, 2.05) is 6.07 Å². The molecule has 0 N–H and O–H groups in total. The number of anilines is 1. The van der Waals surface area contributed by atoms with Gasteiger partial charge < -0.3 is 9.14 Å². The Balaban J connectivity index is 1.73. The van der Waals surface area contributed by atoms with Crippen LogP contribution in [0.15, 0.2) is 90.1 Å². The lowest BCUT2D eigenvalue weighted by Gasteiger charge is -2.24. The number of hydrogen-bond donors (Lipinski definition) is 0. The molecule has 0 aliphatic rings. The van der Waals surface area contributed by atoms with Gasteiger partial charge in [-0.1, -0.05) is 24.3 Å². The van der Waals surface area contributed by atoms with Crippen molar-refractivity contribution >= 4 is 21.4 Å². The molecule has 6 nitrogen and oxygen atoms in total. The van der Waals surface area contributed by atoms with E-state index >= 15 is 0 Å². The van der Waals surface area contributed by atoms with Gasteiger partial charge in [0.2, 0.25) is 0 Å². The maximum atomic E-state index is 13.4. The Morgan fingerprint density at radius 1 is 0.935 bits per heavy atom. The van der Waals surface area contributed by atoms with Crippen LogP contribution in [0, 0.1) is 0 Å². The van der Waals surface area contributed by atoms with Crippen LogP contribution in [0.1, 0.15) is 5.69 Å². The van der Waals surface area contributed by atoms with Crippen molar-refractivity contribution in [3.63, 3.8) is 0 Å². The molecule has 0 fully saturated rings. The summed E-state index contributed by atoms with van der Waals surface area (Å²) in [6.45, 7) is -0.0294. The van der Waals surface area contributed by atoms with Gasteiger partial charge in [0.15, 0.2) is 0 Å². The molecule has 0 aliphatic carbocycles. The highest BCUT2D eigenvalue weighted by Crippen LogP contribution is 2.29. The third-order valence-corrected chi connectivity index (χ3v) is 6.28. The number of ether oxygens (including phenoxy) is 1. The van der Waals surface area contributed by atoms with Crippen molar-refractivity contribution in [2.45, 2.75) is 17.8 Å². The largest absolute Gasteiger partial charge is 0.573 e. The number of aromatic nitrogens is 2. The molecule has 0 aliphatic heterocycles. The van der Waals surface area contributed by atoms with E-state index in [1.54, 1.807) is 59.3 Å². The average molecular weight is 447 g/mol. The molecule has 4 rings (SSSR count). The summed E-state index contributed by atoms with van der Waals surface area (Å²) in [5.74, 6) is -0.500. The molecule has 10 heteroatoms. The summed E-state index contributed by atoms with van der Waals surface area (Å²) < 4.78 is 70.9. The monoisotopic (exact) mass is 447 g/mol. The Bertz CT molecular complexity index is 1290. The number of para-hydroxylation sites is 1. The lowest BCUT2D eigenvalue weighted by Crippen LogP contribution is -2.31. The van der Waals surface area contributed by atoms with Gasteiger partial charge in [0.05, 0.1) is 29.0 Å². The normalized spacial score (nSPS) is 12.1. The lowest BCUT2D eigenvalue weighted by molar-refractivity contribution is -0.274. The van der Waals surface area contributed by atoms with E-state index in [2.05, 4.69) is 9.72 Å². The number of nitrogens with zero attached hydrogens (tertiary/aromatic N) is 3. The van der Waals surface area contributed by atoms with Crippen LogP contribution in [0.25, 0.3) is 5.65 Å². The van der Waals surface area contributed by atoms with Crippen molar-refractivity contribution in [3.05, 3.63) is 90.9 Å². The van der Waals surface area contributed by atoms with Gasteiger partial charge in [-0.2, -0.15) is 0 Å². The zero-order chi connectivity index (χ0) is 22.1. The van der Waals surface area contributed by atoms with Gasteiger partial charge >= 0.3 is 6.36 Å². The fourth-order valence-electron chi connectivity index (χ4n) is 3.10. The fraction of sp³-hybridized carbons (Fsp3) is 0.0952. The molecule has 0 atom stereocenters. The topological polar surface area (TPSA) is 63.9 Å². The Labute approximate surface area is 176 Å². The molecule has 0 saturated heterocycles. The molecular weight excluding hydrogens is 431 g/mol. The van der Waals surface area contributed by atoms with Crippen molar-refractivity contribution < 1.29 is 26.3 Å². The van der Waals surface area contributed by atoms with Crippen LogP contribution in [-0.4, -0.2) is 24.2 Å². The minimum Gasteiger partial charge on any atom is -0.406 e. The minimum atomic E-state index is -4.86. The number of sulfonamides is 1. The molecule has 0 saturated carbocycles. The quantitative estimate of drug-likeness (QED) is 0.432. The number of hydrogen-bond acceptors (Lipinski definition) is 4. The fourth-order valence-corrected chi connectivity index (χ4v) is 4.53. The first-order valence-electron chi connectivity index (χ1n) is 9.09. The molecule has 0 radical (unpaired) electrons. The van der Waals surface area contributed by atoms with Crippen LogP contribution in [0.5, 0.6) is 5.75 Å². The summed E-state index contributed by atoms with van der Waals surface area (Å²) in [4.78, 5) is 4.12. The molecule has 0 unspecified atom stereocenters. The zero-order valence-corrected chi connectivity index (χ0v) is 16.7. The highest BCUT2D eigenvalue weighted by Gasteiger charge is 2.32. The summed E-state index contributed by atoms with van der Waals surface area (Å²) in [5.41, 5.74) is 1.70. The molecule has 160 valence electrons. The number of imidazole rings is 1. The predicted octanol–water partition coefficient (Wildman–Crippen LogP) is 4.63. The van der Waals surface area contributed by atoms with Crippen molar-refractivity contribution in [1.82, 2.24) is 9.38 Å². The Kier molecular flexibility index (Phi) is 5.32. The zero-order valence-electron chi connectivity index (χ0n) is 15.9. The second-order valence-corrected chi connectivity index (χ2v) is 8.41. The highest BCUT2D eigenvalue weighted by atomic mass is 32.2. The van der Waals surface area contributed by atoms with Crippen LogP contribution in [0.4, 0.5) is 18.9 Å². The van der Waals surface area contributed by atoms with Crippen LogP contribution < -0.4 is 9.04 Å². The van der Waals surface area contributed by atoms with Crippen molar-refractivity contribution in [1.29, 1.82) is 0 Å². The molecule has 31 heavy (non-hydrogen) atoms. The summed E-state index contributed by atoms with van der Waals surface area (Å²) >= 11 is 0. The Morgan fingerprint density at radius 2 is 1.61 bits per heavy atom. The first-order valence-corrected chi connectivity index (χ1v) is 10.5. The first kappa shape index (κ1) is 20.7. The van der Waals surface area contributed by atoms with Gasteiger partial charge in [-0.25, -0.2) is 13.4 Å². The van der Waals surface area contributed by atoms with Gasteiger partial charge in [-0.05, 0) is 48.5 Å². The van der Waals surface area contributed by atoms with E-state index in [0.29, 0.717) is 17.0 Å². The van der Waals surface area contributed by atoms with Gasteiger partial charge in [-0.15, -0.1) is 13.2 Å². The number of halogens is 3. The van der Waals surface area contributed by atoms with Crippen molar-refractivity contribution in [3.8, 4) is 5.75 Å². The maximum absolute atomic E-state index is 13.4. The van der Waals surface area contributed by atoms with E-state index in [0.717, 1.165) is 24.3 Å². The first-order chi connectivity index (χ1) is 14.7. The van der Waals surface area contributed by atoms with Gasteiger partial charge in [0.1, 0.15) is 11.4 Å². The van der Waals surface area contributed by atoms with Gasteiger partial charge in [-0.3, -0.25) is 4.31 Å². The summed E-state index contributed by atoms with van der Waals surface area (Å²) in [7, 11) is -4.10. The second-order valence-electron chi connectivity index (χ2n) is 6.54. The number of pyridine rings is 1. The molecule has 0 amide bonds. The highest BCUT2D eigenvalue weighted by molar-refractivity contribution is 7.92. The van der Waals surface area contributed by atoms with Crippen LogP contribution in [-0.2, 0) is 16.6 Å². The van der Waals surface area contributed by atoms with Crippen LogP contribution >= 0.6 is 0 Å². The molecule has 0 bridgehead atoms. The molecule has 2 aromatic heterocycles. The third-order valence-electron chi connectivity index (χ3n) is 4.49. The predicted molar refractivity (Wildman–Crippen MR) is 108 cm³/mol. The molecule has 4 aromatic rings. The minimum absolute atomic E-state index is 0.0294. The van der Waals surface area contributed by atoms with E-state index in [1.165, 1.54) is 4.31 Å². The smallest absolute Gasteiger partial charge is 0.406 e. The van der Waals surface area contributed by atoms with Gasteiger partial charge in [0.25, 0.3) is 10.0 Å². The second kappa shape index (κ2) is 7.95.